The number of carbonyl (C=O) groups excluding carboxylic acids is 1. The van der Waals surface area contributed by atoms with Gasteiger partial charge in [0.05, 0.1) is 20.3 Å². The molecule has 2 rings (SSSR count). The molecule has 1 heterocycles. The maximum atomic E-state index is 11.8. The quantitative estimate of drug-likeness (QED) is 0.653. The summed E-state index contributed by atoms with van der Waals surface area (Å²) in [6.07, 6.45) is 0.484. The largest absolute Gasteiger partial charge is 0.496 e. The van der Waals surface area contributed by atoms with Gasteiger partial charge in [0.25, 0.3) is 0 Å². The van der Waals surface area contributed by atoms with Crippen LogP contribution in [0.4, 0.5) is 0 Å². The maximum absolute atomic E-state index is 11.8. The van der Waals surface area contributed by atoms with Crippen LogP contribution in [0.2, 0.25) is 0 Å². The number of hydrogen-bond acceptors (Lipinski definition) is 5. The molecule has 1 aromatic carbocycles. The van der Waals surface area contributed by atoms with Crippen LogP contribution in [0.5, 0.6) is 5.75 Å². The molecule has 1 aliphatic rings. The lowest BCUT2D eigenvalue weighted by atomic mass is 10.2. The summed E-state index contributed by atoms with van der Waals surface area (Å²) < 4.78 is 10.6. The molecule has 6 heteroatoms. The molecule has 0 unspecified atom stereocenters. The average Bonchev–Trinajstić information content (AvgIpc) is 2.60. The van der Waals surface area contributed by atoms with E-state index in [2.05, 4.69) is 15.5 Å². The number of rotatable bonds is 9. The van der Waals surface area contributed by atoms with E-state index in [0.717, 1.165) is 44.2 Å². The van der Waals surface area contributed by atoms with Crippen molar-refractivity contribution in [1.82, 2.24) is 15.5 Å². The molecule has 0 aromatic heterocycles. The minimum atomic E-state index is 0.0887. The standard InChI is InChI=1S/C17H27N3O3/c1-22-16-5-3-2-4-15(16)14-18-7-6-17(21)19-8-9-20-10-12-23-13-11-20/h2-5,18H,6-14H2,1H3,(H,19,21). The Bertz CT molecular complexity index is 476. The van der Waals surface area contributed by atoms with Gasteiger partial charge in [-0.25, -0.2) is 0 Å². The number of benzene rings is 1. The van der Waals surface area contributed by atoms with E-state index in [1.165, 1.54) is 0 Å². The minimum absolute atomic E-state index is 0.0887. The Morgan fingerprint density at radius 1 is 1.26 bits per heavy atom. The summed E-state index contributed by atoms with van der Waals surface area (Å²) in [5.41, 5.74) is 1.10. The molecule has 1 saturated heterocycles. The van der Waals surface area contributed by atoms with Gasteiger partial charge in [0.1, 0.15) is 5.75 Å². The number of amides is 1. The van der Waals surface area contributed by atoms with Crippen LogP contribution in [0.3, 0.4) is 0 Å². The van der Waals surface area contributed by atoms with Crippen LogP contribution >= 0.6 is 0 Å². The van der Waals surface area contributed by atoms with E-state index in [1.807, 2.05) is 24.3 Å². The first-order chi connectivity index (χ1) is 11.3. The Morgan fingerprint density at radius 2 is 2.04 bits per heavy atom. The highest BCUT2D eigenvalue weighted by molar-refractivity contribution is 5.76. The highest BCUT2D eigenvalue weighted by Crippen LogP contribution is 2.16. The lowest BCUT2D eigenvalue weighted by molar-refractivity contribution is -0.121. The molecule has 23 heavy (non-hydrogen) atoms. The molecule has 0 radical (unpaired) electrons. The normalized spacial score (nSPS) is 15.3. The van der Waals surface area contributed by atoms with E-state index in [1.54, 1.807) is 7.11 Å². The predicted octanol–water partition coefficient (Wildman–Crippen LogP) is 0.623. The summed E-state index contributed by atoms with van der Waals surface area (Å²) in [5, 5.41) is 6.24. The molecule has 1 aromatic rings. The lowest BCUT2D eigenvalue weighted by Crippen LogP contribution is -2.41. The van der Waals surface area contributed by atoms with Crippen molar-refractivity contribution in [3.8, 4) is 5.75 Å². The maximum Gasteiger partial charge on any atom is 0.221 e. The van der Waals surface area contributed by atoms with Crippen LogP contribution in [-0.2, 0) is 16.1 Å². The van der Waals surface area contributed by atoms with E-state index < -0.39 is 0 Å². The van der Waals surface area contributed by atoms with Crippen molar-refractivity contribution in [2.75, 3.05) is 53.0 Å². The molecule has 1 amide bonds. The predicted molar refractivity (Wildman–Crippen MR) is 89.6 cm³/mol. The van der Waals surface area contributed by atoms with Gasteiger partial charge in [-0.2, -0.15) is 0 Å². The van der Waals surface area contributed by atoms with Crippen molar-refractivity contribution in [3.63, 3.8) is 0 Å². The van der Waals surface area contributed by atoms with Gasteiger partial charge >= 0.3 is 0 Å². The number of methoxy groups -OCH3 is 1. The smallest absolute Gasteiger partial charge is 0.221 e. The molecule has 0 atom stereocenters. The first-order valence-corrected chi connectivity index (χ1v) is 8.19. The second-order valence-corrected chi connectivity index (χ2v) is 5.54. The Labute approximate surface area is 138 Å². The van der Waals surface area contributed by atoms with Gasteiger partial charge in [-0.15, -0.1) is 0 Å². The zero-order valence-electron chi connectivity index (χ0n) is 13.8. The summed E-state index contributed by atoms with van der Waals surface area (Å²) in [7, 11) is 1.67. The molecule has 2 N–H and O–H groups in total. The third kappa shape index (κ3) is 6.56. The van der Waals surface area contributed by atoms with Gasteiger partial charge in [-0.05, 0) is 6.07 Å². The Hall–Kier alpha value is -1.63. The fraction of sp³-hybridized carbons (Fsp3) is 0.588. The zero-order chi connectivity index (χ0) is 16.3. The molecule has 1 fully saturated rings. The van der Waals surface area contributed by atoms with E-state index in [9.17, 15) is 4.79 Å². The molecule has 0 aliphatic carbocycles. The molecule has 0 bridgehead atoms. The fourth-order valence-electron chi connectivity index (χ4n) is 2.54. The van der Waals surface area contributed by atoms with Crippen molar-refractivity contribution < 1.29 is 14.3 Å². The number of ether oxygens (including phenoxy) is 2. The Balaban J connectivity index is 1.54. The van der Waals surface area contributed by atoms with Crippen molar-refractivity contribution in [2.24, 2.45) is 0 Å². The average molecular weight is 321 g/mol. The van der Waals surface area contributed by atoms with Gasteiger partial charge in [-0.3, -0.25) is 9.69 Å². The van der Waals surface area contributed by atoms with Crippen molar-refractivity contribution in [1.29, 1.82) is 0 Å². The van der Waals surface area contributed by atoms with Gasteiger partial charge in [-0.1, -0.05) is 18.2 Å². The van der Waals surface area contributed by atoms with Gasteiger partial charge in [0.15, 0.2) is 0 Å². The van der Waals surface area contributed by atoms with Crippen LogP contribution in [0.1, 0.15) is 12.0 Å². The summed E-state index contributed by atoms with van der Waals surface area (Å²) in [4.78, 5) is 14.1. The number of carbonyl (C=O) groups is 1. The highest BCUT2D eigenvalue weighted by Gasteiger charge is 2.10. The van der Waals surface area contributed by atoms with Crippen LogP contribution in [0.15, 0.2) is 24.3 Å². The van der Waals surface area contributed by atoms with Crippen LogP contribution in [0.25, 0.3) is 0 Å². The van der Waals surface area contributed by atoms with Crippen LogP contribution in [0, 0.1) is 0 Å². The van der Waals surface area contributed by atoms with E-state index in [4.69, 9.17) is 9.47 Å². The van der Waals surface area contributed by atoms with E-state index >= 15 is 0 Å². The fourth-order valence-corrected chi connectivity index (χ4v) is 2.54. The number of morpholine rings is 1. The summed E-state index contributed by atoms with van der Waals surface area (Å²) in [5.74, 6) is 0.959. The Kier molecular flexibility index (Phi) is 7.86. The molecule has 1 aliphatic heterocycles. The molecular weight excluding hydrogens is 294 g/mol. The number of para-hydroxylation sites is 1. The first kappa shape index (κ1) is 17.7. The second-order valence-electron chi connectivity index (χ2n) is 5.54. The molecule has 0 saturated carbocycles. The molecule has 0 spiro atoms. The number of hydrogen-bond donors (Lipinski definition) is 2. The summed E-state index contributed by atoms with van der Waals surface area (Å²) in [6.45, 7) is 6.44. The molecular formula is C17H27N3O3. The summed E-state index contributed by atoms with van der Waals surface area (Å²) >= 11 is 0. The monoisotopic (exact) mass is 321 g/mol. The SMILES string of the molecule is COc1ccccc1CNCCC(=O)NCCN1CCOCC1. The molecule has 6 nitrogen and oxygen atoms in total. The highest BCUT2D eigenvalue weighted by atomic mass is 16.5. The lowest BCUT2D eigenvalue weighted by Gasteiger charge is -2.26. The second kappa shape index (κ2) is 10.2. The van der Waals surface area contributed by atoms with Crippen LogP contribution in [-0.4, -0.2) is 63.9 Å². The first-order valence-electron chi connectivity index (χ1n) is 8.19. The Morgan fingerprint density at radius 3 is 2.83 bits per heavy atom. The molecule has 128 valence electrons. The third-order valence-corrected chi connectivity index (χ3v) is 3.89. The number of nitrogens with zero attached hydrogens (tertiary/aromatic N) is 1. The van der Waals surface area contributed by atoms with Gasteiger partial charge in [0, 0.05) is 51.3 Å². The topological polar surface area (TPSA) is 62.8 Å². The zero-order valence-corrected chi connectivity index (χ0v) is 13.8. The van der Waals surface area contributed by atoms with E-state index in [-0.39, 0.29) is 5.91 Å². The summed E-state index contributed by atoms with van der Waals surface area (Å²) in [6, 6.07) is 7.89. The van der Waals surface area contributed by atoms with Crippen molar-refractivity contribution >= 4 is 5.91 Å². The van der Waals surface area contributed by atoms with Crippen molar-refractivity contribution in [3.05, 3.63) is 29.8 Å². The minimum Gasteiger partial charge on any atom is -0.496 e. The van der Waals surface area contributed by atoms with E-state index in [0.29, 0.717) is 26.1 Å². The van der Waals surface area contributed by atoms with Gasteiger partial charge in [0.2, 0.25) is 5.91 Å². The van der Waals surface area contributed by atoms with Crippen LogP contribution < -0.4 is 15.4 Å². The van der Waals surface area contributed by atoms with Gasteiger partial charge < -0.3 is 20.1 Å². The third-order valence-electron chi connectivity index (χ3n) is 3.89. The van der Waals surface area contributed by atoms with Crippen molar-refractivity contribution in [2.45, 2.75) is 13.0 Å². The number of nitrogens with one attached hydrogen (secondary N) is 2.